The van der Waals surface area contributed by atoms with Crippen molar-refractivity contribution in [2.75, 3.05) is 0 Å². The Balaban J connectivity index is 1.38. The van der Waals surface area contributed by atoms with Gasteiger partial charge in [-0.05, 0) is 61.5 Å². The molecule has 2 heteroatoms. The number of benzene rings is 8. The lowest BCUT2D eigenvalue weighted by atomic mass is 9.84. The maximum absolute atomic E-state index is 6.84. The zero-order valence-electron chi connectivity index (χ0n) is 26.0. The van der Waals surface area contributed by atoms with Crippen LogP contribution in [0.3, 0.4) is 0 Å². The topological polar surface area (TPSA) is 26.3 Å². The molecule has 0 fully saturated rings. The molecule has 0 bridgehead atoms. The Morgan fingerprint density at radius 3 is 1.48 bits per heavy atom. The second kappa shape index (κ2) is 10.6. The lowest BCUT2D eigenvalue weighted by Gasteiger charge is -2.18. The number of hydrogen-bond acceptors (Lipinski definition) is 2. The van der Waals surface area contributed by atoms with E-state index in [4.69, 9.17) is 8.83 Å². The molecule has 0 aliphatic rings. The van der Waals surface area contributed by atoms with Crippen LogP contribution in [0.1, 0.15) is 0 Å². The fourth-order valence-electron chi connectivity index (χ4n) is 7.66. The highest BCUT2D eigenvalue weighted by atomic mass is 16.3. The number of hydrogen-bond donors (Lipinski definition) is 0. The summed E-state index contributed by atoms with van der Waals surface area (Å²) in [4.78, 5) is 0. The average molecular weight is 613 g/mol. The molecule has 8 aromatic carbocycles. The van der Waals surface area contributed by atoms with Crippen molar-refractivity contribution in [1.29, 1.82) is 0 Å². The van der Waals surface area contributed by atoms with Crippen LogP contribution in [0.15, 0.2) is 179 Å². The first-order valence-corrected chi connectivity index (χ1v) is 16.4. The van der Waals surface area contributed by atoms with Crippen LogP contribution in [-0.2, 0) is 0 Å². The highest BCUT2D eigenvalue weighted by Gasteiger charge is 2.25. The van der Waals surface area contributed by atoms with E-state index in [0.29, 0.717) is 0 Å². The monoisotopic (exact) mass is 612 g/mol. The smallest absolute Gasteiger partial charge is 0.139 e. The van der Waals surface area contributed by atoms with Crippen molar-refractivity contribution in [2.45, 2.75) is 0 Å². The van der Waals surface area contributed by atoms with Crippen LogP contribution in [-0.4, -0.2) is 0 Å². The van der Waals surface area contributed by atoms with Gasteiger partial charge in [-0.2, -0.15) is 0 Å². The lowest BCUT2D eigenvalue weighted by molar-refractivity contribution is 0.628. The minimum atomic E-state index is 0.801. The molecule has 10 aromatic rings. The van der Waals surface area contributed by atoms with Gasteiger partial charge in [0.2, 0.25) is 0 Å². The summed E-state index contributed by atoms with van der Waals surface area (Å²) >= 11 is 0. The molecule has 2 heterocycles. The second-order valence-electron chi connectivity index (χ2n) is 12.4. The molecule has 0 amide bonds. The number of rotatable bonds is 4. The molecule has 2 aromatic heterocycles. The highest BCUT2D eigenvalue weighted by molar-refractivity contribution is 6.29. The van der Waals surface area contributed by atoms with Crippen LogP contribution in [0.4, 0.5) is 0 Å². The van der Waals surface area contributed by atoms with Crippen LogP contribution in [0.5, 0.6) is 0 Å². The Bertz CT molecular complexity index is 2760. The number of furan rings is 2. The van der Waals surface area contributed by atoms with Gasteiger partial charge in [0.1, 0.15) is 22.5 Å². The maximum atomic E-state index is 6.84. The summed E-state index contributed by atoms with van der Waals surface area (Å²) in [6.07, 6.45) is 0. The third-order valence-electron chi connectivity index (χ3n) is 9.69. The molecule has 0 atom stereocenters. The zero-order chi connectivity index (χ0) is 31.6. The van der Waals surface area contributed by atoms with E-state index in [9.17, 15) is 0 Å². The summed E-state index contributed by atoms with van der Waals surface area (Å²) in [6, 6.07) is 60.1. The van der Waals surface area contributed by atoms with Crippen LogP contribution in [0.25, 0.3) is 99.2 Å². The average Bonchev–Trinajstić information content (AvgIpc) is 3.75. The predicted molar refractivity (Wildman–Crippen MR) is 200 cm³/mol. The molecule has 0 aliphatic heterocycles. The van der Waals surface area contributed by atoms with Crippen LogP contribution >= 0.6 is 0 Å². The molecule has 0 radical (unpaired) electrons. The molecule has 0 saturated carbocycles. The Morgan fingerprint density at radius 2 is 0.812 bits per heavy atom. The summed E-state index contributed by atoms with van der Waals surface area (Å²) in [7, 11) is 0. The normalized spacial score (nSPS) is 11.8. The highest BCUT2D eigenvalue weighted by Crippen LogP contribution is 2.50. The van der Waals surface area contributed by atoms with E-state index >= 15 is 0 Å². The molecular weight excluding hydrogens is 585 g/mol. The first-order chi connectivity index (χ1) is 23.8. The van der Waals surface area contributed by atoms with Gasteiger partial charge < -0.3 is 8.83 Å². The van der Waals surface area contributed by atoms with Crippen molar-refractivity contribution < 1.29 is 8.83 Å². The summed E-state index contributed by atoms with van der Waals surface area (Å²) in [5, 5.41) is 8.08. The minimum Gasteiger partial charge on any atom is -0.456 e. The van der Waals surface area contributed by atoms with E-state index in [1.807, 2.05) is 6.07 Å². The lowest BCUT2D eigenvalue weighted by Crippen LogP contribution is -1.91. The first kappa shape index (κ1) is 26.8. The van der Waals surface area contributed by atoms with Crippen molar-refractivity contribution in [3.8, 4) is 44.7 Å². The van der Waals surface area contributed by atoms with Crippen molar-refractivity contribution in [3.63, 3.8) is 0 Å². The van der Waals surface area contributed by atoms with E-state index < -0.39 is 0 Å². The van der Waals surface area contributed by atoms with E-state index in [1.54, 1.807) is 0 Å². The molecule has 0 unspecified atom stereocenters. The van der Waals surface area contributed by atoms with Crippen LogP contribution in [0, 0.1) is 0 Å². The fraction of sp³-hybridized carbons (Fsp3) is 0. The molecule has 10 rings (SSSR count). The molecule has 0 spiro atoms. The molecule has 0 saturated heterocycles. The standard InChI is InChI=1S/C46H28O2/c1-3-15-29(16-4-1)31-19-7-8-20-32(31)40-27-38-41(48-40)28-42-45(37-25-13-14-26-39(37)47-42)46(38)44-35-23-11-9-21-33(35)43(30-17-5-2-6-18-30)34-22-10-12-24-36(34)44/h1-28H. The predicted octanol–water partition coefficient (Wildman–Crippen LogP) is 13.3. The molecule has 0 N–H and O–H groups in total. The van der Waals surface area contributed by atoms with Gasteiger partial charge in [0, 0.05) is 33.4 Å². The Morgan fingerprint density at radius 1 is 0.292 bits per heavy atom. The minimum absolute atomic E-state index is 0.801. The number of fused-ring (bicyclic) bond motifs is 6. The van der Waals surface area contributed by atoms with E-state index in [-0.39, 0.29) is 0 Å². The largest absolute Gasteiger partial charge is 0.456 e. The molecule has 0 aliphatic carbocycles. The van der Waals surface area contributed by atoms with Gasteiger partial charge in [-0.15, -0.1) is 0 Å². The van der Waals surface area contributed by atoms with Gasteiger partial charge in [0.15, 0.2) is 0 Å². The van der Waals surface area contributed by atoms with E-state index in [1.165, 1.54) is 38.2 Å². The zero-order valence-corrected chi connectivity index (χ0v) is 26.0. The molecule has 48 heavy (non-hydrogen) atoms. The Hall–Kier alpha value is -6.38. The van der Waals surface area contributed by atoms with Gasteiger partial charge >= 0.3 is 0 Å². The van der Waals surface area contributed by atoms with Crippen molar-refractivity contribution in [1.82, 2.24) is 0 Å². The number of para-hydroxylation sites is 1. The Kier molecular flexibility index (Phi) is 5.91. The van der Waals surface area contributed by atoms with E-state index in [2.05, 4.69) is 164 Å². The first-order valence-electron chi connectivity index (χ1n) is 16.4. The summed E-state index contributed by atoms with van der Waals surface area (Å²) in [5.74, 6) is 0.831. The SMILES string of the molecule is c1ccc(-c2ccccc2-c2cc3c(-c4c5ccccc5c(-c5ccccc5)c5ccccc45)c4c(cc3o2)oc2ccccc24)cc1. The quantitative estimate of drug-likeness (QED) is 0.185. The van der Waals surface area contributed by atoms with Gasteiger partial charge in [0.25, 0.3) is 0 Å². The van der Waals surface area contributed by atoms with Gasteiger partial charge in [-0.25, -0.2) is 0 Å². The van der Waals surface area contributed by atoms with Gasteiger partial charge in [0.05, 0.1) is 0 Å². The van der Waals surface area contributed by atoms with E-state index in [0.717, 1.165) is 60.9 Å². The van der Waals surface area contributed by atoms with Crippen LogP contribution in [0.2, 0.25) is 0 Å². The summed E-state index contributed by atoms with van der Waals surface area (Å²) in [5.41, 5.74) is 10.6. The maximum Gasteiger partial charge on any atom is 0.139 e. The van der Waals surface area contributed by atoms with Gasteiger partial charge in [-0.1, -0.05) is 152 Å². The molecule has 224 valence electrons. The summed E-state index contributed by atoms with van der Waals surface area (Å²) in [6.45, 7) is 0. The summed E-state index contributed by atoms with van der Waals surface area (Å²) < 4.78 is 13.4. The van der Waals surface area contributed by atoms with Crippen molar-refractivity contribution >= 4 is 54.5 Å². The Labute approximate surface area is 277 Å². The second-order valence-corrected chi connectivity index (χ2v) is 12.4. The van der Waals surface area contributed by atoms with Crippen molar-refractivity contribution in [2.24, 2.45) is 0 Å². The third kappa shape index (κ3) is 4.00. The molecular formula is C46H28O2. The van der Waals surface area contributed by atoms with Crippen molar-refractivity contribution in [3.05, 3.63) is 170 Å². The molecule has 2 nitrogen and oxygen atoms in total. The fourth-order valence-corrected chi connectivity index (χ4v) is 7.66. The van der Waals surface area contributed by atoms with Gasteiger partial charge in [-0.3, -0.25) is 0 Å². The van der Waals surface area contributed by atoms with Crippen LogP contribution < -0.4 is 0 Å². The third-order valence-corrected chi connectivity index (χ3v) is 9.69.